The third-order valence-electron chi connectivity index (χ3n) is 3.43. The molecule has 3 rings (SSSR count). The first-order chi connectivity index (χ1) is 10.0. The Hall–Kier alpha value is -2.59. The molecule has 0 aliphatic heterocycles. The molecule has 3 aromatic rings. The van der Waals surface area contributed by atoms with Crippen LogP contribution in [0.2, 0.25) is 5.02 Å². The molecule has 104 valence electrons. The Morgan fingerprint density at radius 1 is 0.810 bits per heavy atom. The molecule has 0 spiro atoms. The molecule has 0 saturated heterocycles. The SMILES string of the molecule is O=C(O)c1cccc2c(Cl)c3ccccc3c(C(=O)O)c12. The van der Waals surface area contributed by atoms with Gasteiger partial charge in [0.25, 0.3) is 0 Å². The second-order valence-corrected chi connectivity index (χ2v) is 4.95. The molecular weight excluding hydrogens is 292 g/mol. The van der Waals surface area contributed by atoms with Crippen molar-refractivity contribution >= 4 is 45.1 Å². The number of halogens is 1. The van der Waals surface area contributed by atoms with Crippen LogP contribution >= 0.6 is 11.6 Å². The molecule has 0 aromatic heterocycles. The van der Waals surface area contributed by atoms with Gasteiger partial charge in [-0.2, -0.15) is 0 Å². The van der Waals surface area contributed by atoms with Crippen molar-refractivity contribution in [1.82, 2.24) is 0 Å². The first-order valence-electron chi connectivity index (χ1n) is 6.12. The van der Waals surface area contributed by atoms with Crippen molar-refractivity contribution in [2.45, 2.75) is 0 Å². The first kappa shape index (κ1) is 13.4. The predicted octanol–water partition coefficient (Wildman–Crippen LogP) is 4.04. The Kier molecular flexibility index (Phi) is 3.03. The van der Waals surface area contributed by atoms with Crippen molar-refractivity contribution in [3.05, 3.63) is 58.6 Å². The Balaban J connectivity index is 2.70. The van der Waals surface area contributed by atoms with Gasteiger partial charge in [-0.25, -0.2) is 9.59 Å². The molecule has 0 fully saturated rings. The number of carboxylic acids is 2. The molecule has 0 radical (unpaired) electrons. The van der Waals surface area contributed by atoms with Crippen molar-refractivity contribution in [2.75, 3.05) is 0 Å². The minimum absolute atomic E-state index is 0.0389. The Bertz CT molecular complexity index is 915. The zero-order chi connectivity index (χ0) is 15.1. The van der Waals surface area contributed by atoms with Crippen LogP contribution in [0.15, 0.2) is 42.5 Å². The van der Waals surface area contributed by atoms with Gasteiger partial charge in [0.05, 0.1) is 16.1 Å². The topological polar surface area (TPSA) is 74.6 Å². The van der Waals surface area contributed by atoms with E-state index in [1.165, 1.54) is 6.07 Å². The smallest absolute Gasteiger partial charge is 0.336 e. The zero-order valence-corrected chi connectivity index (χ0v) is 11.4. The molecule has 0 aliphatic carbocycles. The van der Waals surface area contributed by atoms with E-state index in [4.69, 9.17) is 11.6 Å². The van der Waals surface area contributed by atoms with Gasteiger partial charge in [-0.15, -0.1) is 0 Å². The number of fused-ring (bicyclic) bond motifs is 2. The summed E-state index contributed by atoms with van der Waals surface area (Å²) in [4.78, 5) is 23.1. The van der Waals surface area contributed by atoms with Crippen molar-refractivity contribution in [3.63, 3.8) is 0 Å². The fourth-order valence-electron chi connectivity index (χ4n) is 2.58. The van der Waals surface area contributed by atoms with Gasteiger partial charge in [-0.1, -0.05) is 48.0 Å². The number of benzene rings is 3. The van der Waals surface area contributed by atoms with E-state index < -0.39 is 11.9 Å². The van der Waals surface area contributed by atoms with E-state index in [1.54, 1.807) is 36.4 Å². The monoisotopic (exact) mass is 300 g/mol. The lowest BCUT2D eigenvalue weighted by Crippen LogP contribution is -2.05. The fourth-order valence-corrected chi connectivity index (χ4v) is 2.90. The number of aromatic carboxylic acids is 2. The molecule has 0 saturated carbocycles. The van der Waals surface area contributed by atoms with Crippen molar-refractivity contribution in [2.24, 2.45) is 0 Å². The quantitative estimate of drug-likeness (QED) is 0.700. The van der Waals surface area contributed by atoms with Crippen molar-refractivity contribution in [1.29, 1.82) is 0 Å². The maximum atomic E-state index is 11.7. The minimum Gasteiger partial charge on any atom is -0.478 e. The van der Waals surface area contributed by atoms with E-state index in [1.807, 2.05) is 0 Å². The first-order valence-corrected chi connectivity index (χ1v) is 6.49. The zero-order valence-electron chi connectivity index (χ0n) is 10.6. The summed E-state index contributed by atoms with van der Waals surface area (Å²) in [5.74, 6) is -2.36. The van der Waals surface area contributed by atoms with Gasteiger partial charge in [-0.05, 0) is 11.5 Å². The maximum Gasteiger partial charge on any atom is 0.336 e. The molecule has 0 amide bonds. The summed E-state index contributed by atoms with van der Waals surface area (Å²) in [5, 5.41) is 20.8. The maximum absolute atomic E-state index is 11.7. The van der Waals surface area contributed by atoms with Crippen LogP contribution in [0.3, 0.4) is 0 Å². The highest BCUT2D eigenvalue weighted by atomic mass is 35.5. The van der Waals surface area contributed by atoms with Crippen LogP contribution in [-0.2, 0) is 0 Å². The summed E-state index contributed by atoms with van der Waals surface area (Å²) in [6.07, 6.45) is 0. The standard InChI is InChI=1S/C16H9ClO4/c17-14-9-5-2-1-4-8(9)13(16(20)21)12-10(14)6-3-7-11(12)15(18)19/h1-7H,(H,18,19)(H,20,21). The van der Waals surface area contributed by atoms with Gasteiger partial charge in [0, 0.05) is 16.2 Å². The second-order valence-electron chi connectivity index (χ2n) is 4.57. The third-order valence-corrected chi connectivity index (χ3v) is 3.84. The molecule has 5 heteroatoms. The van der Waals surface area contributed by atoms with E-state index in [2.05, 4.69) is 0 Å². The van der Waals surface area contributed by atoms with E-state index in [0.717, 1.165) is 0 Å². The Morgan fingerprint density at radius 2 is 1.43 bits per heavy atom. The van der Waals surface area contributed by atoms with E-state index >= 15 is 0 Å². The number of hydrogen-bond acceptors (Lipinski definition) is 2. The molecule has 0 aliphatic rings. The van der Waals surface area contributed by atoms with Crippen LogP contribution < -0.4 is 0 Å². The van der Waals surface area contributed by atoms with Gasteiger partial charge >= 0.3 is 11.9 Å². The van der Waals surface area contributed by atoms with Crippen LogP contribution in [0, 0.1) is 0 Å². The van der Waals surface area contributed by atoms with Gasteiger partial charge < -0.3 is 10.2 Å². The highest BCUT2D eigenvalue weighted by Gasteiger charge is 2.21. The highest BCUT2D eigenvalue weighted by Crippen LogP contribution is 2.37. The molecule has 0 heterocycles. The number of carboxylic acid groups (broad SMARTS) is 2. The summed E-state index contributed by atoms with van der Waals surface area (Å²) in [6.45, 7) is 0. The van der Waals surface area contributed by atoms with Crippen LogP contribution in [0.1, 0.15) is 20.7 Å². The lowest BCUT2D eigenvalue weighted by Gasteiger charge is -2.12. The Morgan fingerprint density at radius 3 is 2.05 bits per heavy atom. The summed E-state index contributed by atoms with van der Waals surface area (Å²) >= 11 is 6.34. The van der Waals surface area contributed by atoms with Crippen LogP contribution in [0.5, 0.6) is 0 Å². The largest absolute Gasteiger partial charge is 0.478 e. The second kappa shape index (κ2) is 4.75. The van der Waals surface area contributed by atoms with E-state index in [9.17, 15) is 19.8 Å². The van der Waals surface area contributed by atoms with Crippen molar-refractivity contribution in [3.8, 4) is 0 Å². The molecule has 3 aromatic carbocycles. The molecular formula is C16H9ClO4. The lowest BCUT2D eigenvalue weighted by atomic mass is 9.93. The van der Waals surface area contributed by atoms with E-state index in [0.29, 0.717) is 21.2 Å². The normalized spacial score (nSPS) is 10.9. The lowest BCUT2D eigenvalue weighted by molar-refractivity contribution is 0.0696. The van der Waals surface area contributed by atoms with E-state index in [-0.39, 0.29) is 16.5 Å². The molecule has 0 bridgehead atoms. The molecule has 0 unspecified atom stereocenters. The summed E-state index contributed by atoms with van der Waals surface area (Å²) in [6, 6.07) is 11.4. The van der Waals surface area contributed by atoms with Gasteiger partial charge in [-0.3, -0.25) is 0 Å². The summed E-state index contributed by atoms with van der Waals surface area (Å²) in [7, 11) is 0. The number of hydrogen-bond donors (Lipinski definition) is 2. The number of rotatable bonds is 2. The average Bonchev–Trinajstić information content (AvgIpc) is 2.46. The number of carbonyl (C=O) groups is 2. The minimum atomic E-state index is -1.19. The molecule has 4 nitrogen and oxygen atoms in total. The molecule has 2 N–H and O–H groups in total. The van der Waals surface area contributed by atoms with Gasteiger partial charge in [0.15, 0.2) is 0 Å². The van der Waals surface area contributed by atoms with Crippen LogP contribution in [0.25, 0.3) is 21.5 Å². The summed E-state index contributed by atoms with van der Waals surface area (Å²) in [5.41, 5.74) is -0.111. The van der Waals surface area contributed by atoms with Gasteiger partial charge in [0.2, 0.25) is 0 Å². The predicted molar refractivity (Wildman–Crippen MR) is 80.4 cm³/mol. The molecule has 0 atom stereocenters. The van der Waals surface area contributed by atoms with Crippen LogP contribution in [0.4, 0.5) is 0 Å². The van der Waals surface area contributed by atoms with Gasteiger partial charge in [0.1, 0.15) is 0 Å². The van der Waals surface area contributed by atoms with Crippen LogP contribution in [-0.4, -0.2) is 22.2 Å². The average molecular weight is 301 g/mol. The Labute approximate surface area is 124 Å². The highest BCUT2D eigenvalue weighted by molar-refractivity contribution is 6.42. The summed E-state index contributed by atoms with van der Waals surface area (Å²) < 4.78 is 0. The fraction of sp³-hybridized carbons (Fsp3) is 0. The van der Waals surface area contributed by atoms with Crippen molar-refractivity contribution < 1.29 is 19.8 Å². The third kappa shape index (κ3) is 1.92. The molecule has 21 heavy (non-hydrogen) atoms.